The highest BCUT2D eigenvalue weighted by Crippen LogP contribution is 2.25. The van der Waals surface area contributed by atoms with Gasteiger partial charge in [0, 0.05) is 7.11 Å². The number of methoxy groups -OCH3 is 1. The van der Waals surface area contributed by atoms with Crippen LogP contribution in [-0.4, -0.2) is 25.3 Å². The number of benzene rings is 1. The van der Waals surface area contributed by atoms with E-state index in [0.29, 0.717) is 11.4 Å². The number of ether oxygens (including phenoxy) is 1. The van der Waals surface area contributed by atoms with Crippen molar-refractivity contribution in [1.29, 1.82) is 10.5 Å². The van der Waals surface area contributed by atoms with Gasteiger partial charge in [0.25, 0.3) is 0 Å². The van der Waals surface area contributed by atoms with Gasteiger partial charge in [0.15, 0.2) is 0 Å². The lowest BCUT2D eigenvalue weighted by molar-refractivity contribution is -0.119. The summed E-state index contributed by atoms with van der Waals surface area (Å²) in [5, 5.41) is 23.5. The van der Waals surface area contributed by atoms with Crippen LogP contribution in [0, 0.1) is 22.7 Å². The summed E-state index contributed by atoms with van der Waals surface area (Å²) in [6, 6.07) is 7.87. The van der Waals surface area contributed by atoms with Gasteiger partial charge in [0.1, 0.15) is 18.7 Å². The molecule has 0 heterocycles. The minimum Gasteiger partial charge on any atom is -0.375 e. The number of hydrogen-bond donors (Lipinski definition) is 2. The smallest absolute Gasteiger partial charge is 0.250 e. The standard InChI is InChI=1S/C12H10ClN5O2/c1-20-7-12(19)16-11-3-2-8(4-10(11)13)17-18-9(5-14)6-15/h2-4,17H,7H2,1H3,(H,16,19). The quantitative estimate of drug-likeness (QED) is 0.634. The highest BCUT2D eigenvalue weighted by Gasteiger charge is 2.06. The van der Waals surface area contributed by atoms with Gasteiger partial charge >= 0.3 is 0 Å². The highest BCUT2D eigenvalue weighted by molar-refractivity contribution is 6.34. The normalized spacial score (nSPS) is 9.00. The fraction of sp³-hybridized carbons (Fsp3) is 0.167. The zero-order valence-corrected chi connectivity index (χ0v) is 11.2. The third-order valence-corrected chi connectivity index (χ3v) is 2.34. The predicted molar refractivity (Wildman–Crippen MR) is 74.2 cm³/mol. The van der Waals surface area contributed by atoms with Crippen LogP contribution >= 0.6 is 11.6 Å². The summed E-state index contributed by atoms with van der Waals surface area (Å²) in [5.41, 5.74) is 3.10. The number of hydrazone groups is 1. The van der Waals surface area contributed by atoms with E-state index >= 15 is 0 Å². The topological polar surface area (TPSA) is 110 Å². The van der Waals surface area contributed by atoms with Crippen LogP contribution < -0.4 is 10.7 Å². The van der Waals surface area contributed by atoms with Gasteiger partial charge in [-0.15, -0.1) is 0 Å². The van der Waals surface area contributed by atoms with E-state index in [1.807, 2.05) is 0 Å². The number of nitriles is 2. The van der Waals surface area contributed by atoms with Gasteiger partial charge in [-0.25, -0.2) is 0 Å². The molecular weight excluding hydrogens is 282 g/mol. The van der Waals surface area contributed by atoms with Crippen molar-refractivity contribution in [3.63, 3.8) is 0 Å². The summed E-state index contributed by atoms with van der Waals surface area (Å²) >= 11 is 5.98. The molecule has 7 nitrogen and oxygen atoms in total. The molecule has 0 aliphatic carbocycles. The SMILES string of the molecule is COCC(=O)Nc1ccc(NN=C(C#N)C#N)cc1Cl. The fourth-order valence-corrected chi connectivity index (χ4v) is 1.43. The second-order valence-corrected chi connectivity index (χ2v) is 3.88. The molecule has 0 aromatic heterocycles. The van der Waals surface area contributed by atoms with E-state index in [1.54, 1.807) is 24.3 Å². The zero-order valence-electron chi connectivity index (χ0n) is 10.5. The molecular formula is C12H10ClN5O2. The Hall–Kier alpha value is -2.61. The van der Waals surface area contributed by atoms with Crippen LogP contribution in [0.15, 0.2) is 23.3 Å². The summed E-state index contributed by atoms with van der Waals surface area (Å²) in [6.07, 6.45) is 0. The lowest BCUT2D eigenvalue weighted by Crippen LogP contribution is -2.17. The van der Waals surface area contributed by atoms with Gasteiger partial charge in [-0.05, 0) is 18.2 Å². The zero-order chi connectivity index (χ0) is 15.0. The molecule has 0 aliphatic heterocycles. The van der Waals surface area contributed by atoms with Crippen LogP contribution in [0.3, 0.4) is 0 Å². The van der Waals surface area contributed by atoms with E-state index < -0.39 is 0 Å². The highest BCUT2D eigenvalue weighted by atomic mass is 35.5. The molecule has 0 unspecified atom stereocenters. The van der Waals surface area contributed by atoms with Gasteiger partial charge in [-0.2, -0.15) is 15.6 Å². The summed E-state index contributed by atoms with van der Waals surface area (Å²) < 4.78 is 4.68. The van der Waals surface area contributed by atoms with Gasteiger partial charge in [-0.3, -0.25) is 10.2 Å². The molecule has 1 aromatic carbocycles. The lowest BCUT2D eigenvalue weighted by atomic mass is 10.3. The molecule has 0 spiro atoms. The van der Waals surface area contributed by atoms with Crippen molar-refractivity contribution >= 4 is 34.6 Å². The Labute approximate surface area is 120 Å². The summed E-state index contributed by atoms with van der Waals surface area (Å²) in [4.78, 5) is 11.3. The minimum absolute atomic E-state index is 0.0751. The molecule has 8 heteroatoms. The van der Waals surface area contributed by atoms with Gasteiger partial charge in [0.2, 0.25) is 11.6 Å². The van der Waals surface area contributed by atoms with E-state index in [9.17, 15) is 4.79 Å². The molecule has 0 aliphatic rings. The van der Waals surface area contributed by atoms with Crippen LogP contribution in [0.25, 0.3) is 0 Å². The number of nitrogens with zero attached hydrogens (tertiary/aromatic N) is 3. The van der Waals surface area contributed by atoms with Crippen molar-refractivity contribution in [3.8, 4) is 12.1 Å². The van der Waals surface area contributed by atoms with Crippen LogP contribution in [0.2, 0.25) is 5.02 Å². The average Bonchev–Trinajstić information content (AvgIpc) is 2.43. The molecule has 1 amide bonds. The second kappa shape index (κ2) is 7.74. The van der Waals surface area contributed by atoms with Crippen molar-refractivity contribution < 1.29 is 9.53 Å². The Bertz CT molecular complexity index is 599. The van der Waals surface area contributed by atoms with Gasteiger partial charge in [0.05, 0.1) is 16.4 Å². The molecule has 0 bridgehead atoms. The number of anilines is 2. The largest absolute Gasteiger partial charge is 0.375 e. The van der Waals surface area contributed by atoms with Crippen LogP contribution in [0.5, 0.6) is 0 Å². The third-order valence-electron chi connectivity index (χ3n) is 2.03. The molecule has 102 valence electrons. The summed E-state index contributed by atoms with van der Waals surface area (Å²) in [6.45, 7) is -0.0751. The number of nitrogens with one attached hydrogen (secondary N) is 2. The monoisotopic (exact) mass is 291 g/mol. The van der Waals surface area contributed by atoms with E-state index in [0.717, 1.165) is 0 Å². The molecule has 0 saturated heterocycles. The number of rotatable bonds is 5. The predicted octanol–water partition coefficient (Wildman–Crippen LogP) is 1.74. The van der Waals surface area contributed by atoms with Crippen molar-refractivity contribution in [2.45, 2.75) is 0 Å². The maximum absolute atomic E-state index is 11.3. The van der Waals surface area contributed by atoms with Crippen LogP contribution in [0.1, 0.15) is 0 Å². The second-order valence-electron chi connectivity index (χ2n) is 3.47. The van der Waals surface area contributed by atoms with Crippen molar-refractivity contribution in [2.75, 3.05) is 24.5 Å². The molecule has 0 atom stereocenters. The van der Waals surface area contributed by atoms with Crippen molar-refractivity contribution in [1.82, 2.24) is 0 Å². The molecule has 1 rings (SSSR count). The fourth-order valence-electron chi connectivity index (χ4n) is 1.20. The number of hydrogen-bond acceptors (Lipinski definition) is 6. The van der Waals surface area contributed by atoms with Crippen molar-refractivity contribution in [3.05, 3.63) is 23.2 Å². The Balaban J connectivity index is 2.79. The van der Waals surface area contributed by atoms with Crippen LogP contribution in [0.4, 0.5) is 11.4 Å². The Morgan fingerprint density at radius 1 is 1.45 bits per heavy atom. The first-order valence-corrected chi connectivity index (χ1v) is 5.70. The Kier molecular flexibility index (Phi) is 5.98. The number of carbonyl (C=O) groups excluding carboxylic acids is 1. The molecule has 1 aromatic rings. The average molecular weight is 292 g/mol. The first kappa shape index (κ1) is 15.4. The third kappa shape index (κ3) is 4.58. The lowest BCUT2D eigenvalue weighted by Gasteiger charge is -2.08. The van der Waals surface area contributed by atoms with Crippen LogP contribution in [-0.2, 0) is 9.53 Å². The first-order chi connectivity index (χ1) is 9.60. The van der Waals surface area contributed by atoms with Gasteiger partial charge < -0.3 is 10.1 Å². The molecule has 20 heavy (non-hydrogen) atoms. The molecule has 0 fully saturated rings. The maximum atomic E-state index is 11.3. The van der Waals surface area contributed by atoms with Gasteiger partial charge in [-0.1, -0.05) is 11.6 Å². The number of amides is 1. The van der Waals surface area contributed by atoms with E-state index in [1.165, 1.54) is 13.2 Å². The van der Waals surface area contributed by atoms with Crippen molar-refractivity contribution in [2.24, 2.45) is 5.10 Å². The summed E-state index contributed by atoms with van der Waals surface area (Å²) in [7, 11) is 1.41. The Morgan fingerprint density at radius 2 is 2.15 bits per heavy atom. The summed E-state index contributed by atoms with van der Waals surface area (Å²) in [5.74, 6) is -0.329. The number of halogens is 1. The molecule has 2 N–H and O–H groups in total. The van der Waals surface area contributed by atoms with E-state index in [4.69, 9.17) is 22.1 Å². The Morgan fingerprint density at radius 3 is 2.70 bits per heavy atom. The number of carbonyl (C=O) groups is 1. The molecule has 0 radical (unpaired) electrons. The maximum Gasteiger partial charge on any atom is 0.250 e. The first-order valence-electron chi connectivity index (χ1n) is 5.33. The molecule has 0 saturated carbocycles. The van der Waals surface area contributed by atoms with E-state index in [-0.39, 0.29) is 23.2 Å². The minimum atomic E-state index is -0.329. The van der Waals surface area contributed by atoms with E-state index in [2.05, 4.69) is 20.6 Å².